The number of carboxylic acids is 1. The van der Waals surface area contributed by atoms with Gasteiger partial charge in [-0.25, -0.2) is 0 Å². The molecule has 2 fully saturated rings. The first-order valence-electron chi connectivity index (χ1n) is 4.99. The highest BCUT2D eigenvalue weighted by Gasteiger charge is 2.51. The molecule has 5 nitrogen and oxygen atoms in total. The van der Waals surface area contributed by atoms with E-state index in [9.17, 15) is 9.70 Å². The molecule has 1 atom stereocenters. The van der Waals surface area contributed by atoms with Crippen molar-refractivity contribution in [1.29, 1.82) is 0 Å². The Kier molecular flexibility index (Phi) is 2.17. The maximum absolute atomic E-state index is 11.1. The molecule has 1 aliphatic heterocycles. The molecule has 0 aromatic carbocycles. The Balaban J connectivity index is 2.20. The van der Waals surface area contributed by atoms with Gasteiger partial charge in [0, 0.05) is 12.0 Å². The van der Waals surface area contributed by atoms with E-state index in [2.05, 4.69) is 5.29 Å². The Bertz CT molecular complexity index is 261. The monoisotopic (exact) mass is 198 g/mol. The molecule has 0 aromatic rings. The van der Waals surface area contributed by atoms with Crippen LogP contribution in [-0.4, -0.2) is 29.2 Å². The number of nitroso groups, excluding NO2 is 1. The summed E-state index contributed by atoms with van der Waals surface area (Å²) in [5.74, 6) is -1.18. The van der Waals surface area contributed by atoms with Crippen molar-refractivity contribution >= 4 is 5.97 Å². The van der Waals surface area contributed by atoms with Gasteiger partial charge in [-0.2, -0.15) is 0 Å². The van der Waals surface area contributed by atoms with Gasteiger partial charge in [-0.3, -0.25) is 9.80 Å². The third kappa shape index (κ3) is 1.27. The second kappa shape index (κ2) is 3.22. The highest BCUT2D eigenvalue weighted by Crippen LogP contribution is 2.49. The summed E-state index contributed by atoms with van der Waals surface area (Å²) in [6, 6.07) is 0. The molecule has 5 heteroatoms. The molecule has 78 valence electrons. The molecule has 2 aliphatic rings. The van der Waals surface area contributed by atoms with Crippen LogP contribution in [0.5, 0.6) is 0 Å². The number of hydrogen-bond donors (Lipinski definition) is 1. The van der Waals surface area contributed by atoms with Crippen LogP contribution in [-0.2, 0) is 4.79 Å². The van der Waals surface area contributed by atoms with Crippen LogP contribution in [0, 0.1) is 16.2 Å². The second-order valence-electron chi connectivity index (χ2n) is 4.39. The van der Waals surface area contributed by atoms with Crippen molar-refractivity contribution in [1.82, 2.24) is 5.01 Å². The molecule has 0 aromatic heterocycles. The lowest BCUT2D eigenvalue weighted by molar-refractivity contribution is -0.144. The molecule has 1 spiro atoms. The molecular weight excluding hydrogens is 184 g/mol. The molecule has 1 aliphatic carbocycles. The zero-order chi connectivity index (χ0) is 10.2. The van der Waals surface area contributed by atoms with Crippen molar-refractivity contribution in [3.05, 3.63) is 4.91 Å². The molecule has 0 bridgehead atoms. The maximum Gasteiger partial charge on any atom is 0.309 e. The van der Waals surface area contributed by atoms with Gasteiger partial charge < -0.3 is 5.11 Å². The molecular formula is C9H14N2O3. The number of nitrogens with zero attached hydrogens (tertiary/aromatic N) is 2. The van der Waals surface area contributed by atoms with Crippen LogP contribution < -0.4 is 0 Å². The van der Waals surface area contributed by atoms with Crippen LogP contribution in [0.15, 0.2) is 5.29 Å². The van der Waals surface area contributed by atoms with Gasteiger partial charge in [0.15, 0.2) is 0 Å². The second-order valence-corrected chi connectivity index (χ2v) is 4.39. The highest BCUT2D eigenvalue weighted by molar-refractivity contribution is 5.72. The number of carbonyl (C=O) groups is 1. The van der Waals surface area contributed by atoms with Crippen LogP contribution in [0.1, 0.15) is 25.7 Å². The lowest BCUT2D eigenvalue weighted by Gasteiger charge is -2.25. The van der Waals surface area contributed by atoms with E-state index in [4.69, 9.17) is 5.11 Å². The Hall–Kier alpha value is -1.13. The zero-order valence-electron chi connectivity index (χ0n) is 7.98. The fraction of sp³-hybridized carbons (Fsp3) is 0.889. The van der Waals surface area contributed by atoms with Crippen molar-refractivity contribution in [3.63, 3.8) is 0 Å². The summed E-state index contributed by atoms with van der Waals surface area (Å²) in [6.45, 7) is 0.826. The van der Waals surface area contributed by atoms with E-state index >= 15 is 0 Å². The van der Waals surface area contributed by atoms with Crippen molar-refractivity contribution in [2.75, 3.05) is 13.1 Å². The number of carboxylic acid groups (broad SMARTS) is 1. The first-order chi connectivity index (χ1) is 6.68. The summed E-state index contributed by atoms with van der Waals surface area (Å²) in [5, 5.41) is 13.3. The summed E-state index contributed by atoms with van der Waals surface area (Å²) in [7, 11) is 0. The van der Waals surface area contributed by atoms with E-state index < -0.39 is 11.9 Å². The predicted molar refractivity (Wildman–Crippen MR) is 49.4 cm³/mol. The molecule has 0 amide bonds. The number of rotatable bonds is 2. The van der Waals surface area contributed by atoms with Crippen LogP contribution in [0.3, 0.4) is 0 Å². The minimum atomic E-state index is -0.780. The molecule has 0 radical (unpaired) electrons. The Morgan fingerprint density at radius 3 is 2.57 bits per heavy atom. The Morgan fingerprint density at radius 2 is 2.07 bits per heavy atom. The van der Waals surface area contributed by atoms with Crippen molar-refractivity contribution in [2.24, 2.45) is 16.6 Å². The lowest BCUT2D eigenvalue weighted by Crippen LogP contribution is -2.32. The SMILES string of the molecule is O=NN1CC(C(=O)O)C2(CCCC2)C1. The first kappa shape index (κ1) is 9.43. The van der Waals surface area contributed by atoms with Crippen LogP contribution in [0.4, 0.5) is 0 Å². The molecule has 1 unspecified atom stereocenters. The van der Waals surface area contributed by atoms with E-state index in [0.29, 0.717) is 13.1 Å². The molecule has 1 heterocycles. The van der Waals surface area contributed by atoms with E-state index in [0.717, 1.165) is 25.7 Å². The van der Waals surface area contributed by atoms with Crippen molar-refractivity contribution < 1.29 is 9.90 Å². The van der Waals surface area contributed by atoms with E-state index in [1.807, 2.05) is 0 Å². The van der Waals surface area contributed by atoms with E-state index in [1.54, 1.807) is 0 Å². The van der Waals surface area contributed by atoms with Gasteiger partial charge in [-0.05, 0) is 12.8 Å². The Morgan fingerprint density at radius 1 is 1.43 bits per heavy atom. The summed E-state index contributed by atoms with van der Waals surface area (Å²) >= 11 is 0. The van der Waals surface area contributed by atoms with Gasteiger partial charge in [0.05, 0.1) is 17.7 Å². The standard InChI is InChI=1S/C9H14N2O3/c12-8(13)7-5-11(10-14)6-9(7)3-1-2-4-9/h7H,1-6H2,(H,12,13). The van der Waals surface area contributed by atoms with Crippen LogP contribution in [0.2, 0.25) is 0 Å². The zero-order valence-corrected chi connectivity index (χ0v) is 7.98. The van der Waals surface area contributed by atoms with Crippen molar-refractivity contribution in [2.45, 2.75) is 25.7 Å². The predicted octanol–water partition coefficient (Wildman–Crippen LogP) is 1.24. The first-order valence-corrected chi connectivity index (χ1v) is 4.99. The van der Waals surface area contributed by atoms with Gasteiger partial charge in [-0.1, -0.05) is 12.8 Å². The Labute approximate surface area is 82.0 Å². The van der Waals surface area contributed by atoms with E-state index in [-0.39, 0.29) is 5.41 Å². The number of hydrogen-bond acceptors (Lipinski definition) is 3. The molecule has 1 N–H and O–H groups in total. The normalized spacial score (nSPS) is 29.7. The highest BCUT2D eigenvalue weighted by atomic mass is 16.4. The quantitative estimate of drug-likeness (QED) is 0.678. The van der Waals surface area contributed by atoms with Gasteiger partial charge >= 0.3 is 5.97 Å². The fourth-order valence-corrected chi connectivity index (χ4v) is 2.93. The average Bonchev–Trinajstić information content (AvgIpc) is 2.74. The van der Waals surface area contributed by atoms with Gasteiger partial charge in [0.1, 0.15) is 0 Å². The topological polar surface area (TPSA) is 70.0 Å². The van der Waals surface area contributed by atoms with Crippen molar-refractivity contribution in [3.8, 4) is 0 Å². The van der Waals surface area contributed by atoms with Gasteiger partial charge in [-0.15, -0.1) is 4.91 Å². The molecule has 14 heavy (non-hydrogen) atoms. The third-order valence-corrected chi connectivity index (χ3v) is 3.64. The fourth-order valence-electron chi connectivity index (χ4n) is 2.93. The summed E-state index contributed by atoms with van der Waals surface area (Å²) < 4.78 is 0. The third-order valence-electron chi connectivity index (χ3n) is 3.64. The van der Waals surface area contributed by atoms with Crippen LogP contribution in [0.25, 0.3) is 0 Å². The smallest absolute Gasteiger partial charge is 0.309 e. The minimum Gasteiger partial charge on any atom is -0.481 e. The lowest BCUT2D eigenvalue weighted by atomic mass is 9.77. The average molecular weight is 198 g/mol. The maximum atomic E-state index is 11.1. The number of aliphatic carboxylic acids is 1. The van der Waals surface area contributed by atoms with Gasteiger partial charge in [0.2, 0.25) is 0 Å². The molecule has 2 rings (SSSR count). The molecule has 1 saturated carbocycles. The van der Waals surface area contributed by atoms with Gasteiger partial charge in [0.25, 0.3) is 0 Å². The minimum absolute atomic E-state index is 0.167. The van der Waals surface area contributed by atoms with E-state index in [1.165, 1.54) is 5.01 Å². The molecule has 1 saturated heterocycles. The van der Waals surface area contributed by atoms with Crippen LogP contribution >= 0.6 is 0 Å². The largest absolute Gasteiger partial charge is 0.481 e. The summed E-state index contributed by atoms with van der Waals surface area (Å²) in [5.41, 5.74) is -0.167. The summed E-state index contributed by atoms with van der Waals surface area (Å²) in [6.07, 6.45) is 4.01. The summed E-state index contributed by atoms with van der Waals surface area (Å²) in [4.78, 5) is 21.5.